The maximum absolute atomic E-state index is 13.9. The average molecular weight is 314 g/mol. The quantitative estimate of drug-likeness (QED) is 0.850. The van der Waals surface area contributed by atoms with Crippen LogP contribution >= 0.6 is 15.9 Å². The first-order valence-corrected chi connectivity index (χ1v) is 7.61. The molecule has 2 N–H and O–H groups in total. The van der Waals surface area contributed by atoms with E-state index in [0.717, 1.165) is 22.9 Å². The summed E-state index contributed by atoms with van der Waals surface area (Å²) in [4.78, 5) is 0. The van der Waals surface area contributed by atoms with E-state index >= 15 is 0 Å². The lowest BCUT2D eigenvalue weighted by molar-refractivity contribution is 0.311. The minimum Gasteiger partial charge on any atom is -0.325 e. The zero-order chi connectivity index (χ0) is 13.0. The molecule has 1 aromatic rings. The van der Waals surface area contributed by atoms with Gasteiger partial charge < -0.3 is 5.73 Å². The first-order chi connectivity index (χ1) is 8.59. The molecule has 0 bridgehead atoms. The van der Waals surface area contributed by atoms with Crippen LogP contribution in [0, 0.1) is 5.82 Å². The maximum atomic E-state index is 13.9. The lowest BCUT2D eigenvalue weighted by Crippen LogP contribution is -2.42. The zero-order valence-electron chi connectivity index (χ0n) is 10.7. The molecule has 1 saturated carbocycles. The smallest absolute Gasteiger partial charge is 0.127 e. The molecule has 0 saturated heterocycles. The highest BCUT2D eigenvalue weighted by atomic mass is 79.9. The molecular formula is C15H21BrFN. The molecule has 0 heterocycles. The van der Waals surface area contributed by atoms with Gasteiger partial charge in [0.05, 0.1) is 0 Å². The van der Waals surface area contributed by atoms with Gasteiger partial charge in [-0.15, -0.1) is 0 Å². The van der Waals surface area contributed by atoms with Gasteiger partial charge in [-0.3, -0.25) is 0 Å². The molecule has 0 aromatic heterocycles. The SMILES string of the molecule is NC1(Cc2ccc(Br)cc2F)CCCCCCC1. The van der Waals surface area contributed by atoms with Crippen LogP contribution < -0.4 is 5.73 Å². The van der Waals surface area contributed by atoms with Crippen LogP contribution in [0.5, 0.6) is 0 Å². The van der Waals surface area contributed by atoms with Gasteiger partial charge in [-0.1, -0.05) is 54.1 Å². The monoisotopic (exact) mass is 313 g/mol. The van der Waals surface area contributed by atoms with Crippen LogP contribution in [0.15, 0.2) is 22.7 Å². The summed E-state index contributed by atoms with van der Waals surface area (Å²) in [5.74, 6) is -0.142. The van der Waals surface area contributed by atoms with Crippen molar-refractivity contribution in [2.24, 2.45) is 5.73 Å². The summed E-state index contributed by atoms with van der Waals surface area (Å²) in [5.41, 5.74) is 7.03. The summed E-state index contributed by atoms with van der Waals surface area (Å²) in [6, 6.07) is 5.28. The summed E-state index contributed by atoms with van der Waals surface area (Å²) in [6.07, 6.45) is 8.90. The van der Waals surface area contributed by atoms with Gasteiger partial charge in [0, 0.05) is 10.0 Å². The van der Waals surface area contributed by atoms with Crippen LogP contribution in [0.3, 0.4) is 0 Å². The fraction of sp³-hybridized carbons (Fsp3) is 0.600. The van der Waals surface area contributed by atoms with E-state index in [-0.39, 0.29) is 11.4 Å². The molecule has 0 spiro atoms. The predicted octanol–water partition coefficient (Wildman–Crippen LogP) is 4.57. The van der Waals surface area contributed by atoms with Crippen molar-refractivity contribution in [3.8, 4) is 0 Å². The van der Waals surface area contributed by atoms with Crippen molar-refractivity contribution in [1.82, 2.24) is 0 Å². The summed E-state index contributed by atoms with van der Waals surface area (Å²) in [5, 5.41) is 0. The summed E-state index contributed by atoms with van der Waals surface area (Å²) in [7, 11) is 0. The number of halogens is 2. The lowest BCUT2D eigenvalue weighted by atomic mass is 9.80. The van der Waals surface area contributed by atoms with Crippen molar-refractivity contribution in [2.75, 3.05) is 0 Å². The topological polar surface area (TPSA) is 26.0 Å². The van der Waals surface area contributed by atoms with Crippen molar-refractivity contribution < 1.29 is 4.39 Å². The Kier molecular flexibility index (Phi) is 4.79. The van der Waals surface area contributed by atoms with Crippen molar-refractivity contribution in [2.45, 2.75) is 56.9 Å². The van der Waals surface area contributed by atoms with E-state index in [1.54, 1.807) is 0 Å². The largest absolute Gasteiger partial charge is 0.325 e. The van der Waals surface area contributed by atoms with Crippen LogP contribution in [0.25, 0.3) is 0 Å². The van der Waals surface area contributed by atoms with E-state index in [1.165, 1.54) is 38.2 Å². The molecule has 0 radical (unpaired) electrons. The molecule has 1 nitrogen and oxygen atoms in total. The second-order valence-corrected chi connectivity index (χ2v) is 6.46. The molecule has 1 aromatic carbocycles. The molecule has 3 heteroatoms. The molecule has 1 aliphatic carbocycles. The van der Waals surface area contributed by atoms with E-state index < -0.39 is 0 Å². The minimum atomic E-state index is -0.213. The van der Waals surface area contributed by atoms with Crippen LogP contribution in [-0.4, -0.2) is 5.54 Å². The number of nitrogens with two attached hydrogens (primary N) is 1. The first-order valence-electron chi connectivity index (χ1n) is 6.82. The predicted molar refractivity (Wildman–Crippen MR) is 77.0 cm³/mol. The summed E-state index contributed by atoms with van der Waals surface area (Å²) < 4.78 is 14.7. The van der Waals surface area contributed by atoms with Gasteiger partial charge in [0.2, 0.25) is 0 Å². The normalized spacial score (nSPS) is 20.2. The summed E-state index contributed by atoms with van der Waals surface area (Å²) in [6.45, 7) is 0. The summed E-state index contributed by atoms with van der Waals surface area (Å²) >= 11 is 3.29. The highest BCUT2D eigenvalue weighted by Crippen LogP contribution is 2.29. The zero-order valence-corrected chi connectivity index (χ0v) is 12.3. The van der Waals surface area contributed by atoms with Gasteiger partial charge in [-0.25, -0.2) is 4.39 Å². The average Bonchev–Trinajstić information content (AvgIpc) is 2.29. The first kappa shape index (κ1) is 14.0. The molecule has 0 unspecified atom stereocenters. The Labute approximate surface area is 117 Å². The standard InChI is InChI=1S/C15H21BrFN/c16-13-7-6-12(14(17)10-13)11-15(18)8-4-2-1-3-5-9-15/h6-7,10H,1-5,8-9,11,18H2. The number of hydrogen-bond acceptors (Lipinski definition) is 1. The Morgan fingerprint density at radius 1 is 1.11 bits per heavy atom. The Bertz CT molecular complexity index is 397. The van der Waals surface area contributed by atoms with Gasteiger partial charge in [0.1, 0.15) is 5.82 Å². The molecule has 100 valence electrons. The second-order valence-electron chi connectivity index (χ2n) is 5.54. The lowest BCUT2D eigenvalue weighted by Gasteiger charge is -2.31. The molecule has 0 aliphatic heterocycles. The molecule has 18 heavy (non-hydrogen) atoms. The van der Waals surface area contributed by atoms with E-state index in [1.807, 2.05) is 12.1 Å². The fourth-order valence-corrected chi connectivity index (χ4v) is 3.16. The molecule has 0 atom stereocenters. The molecule has 2 rings (SSSR count). The number of benzene rings is 1. The third-order valence-corrected chi connectivity index (χ3v) is 4.40. The van der Waals surface area contributed by atoms with E-state index in [9.17, 15) is 4.39 Å². The molecular weight excluding hydrogens is 293 g/mol. The molecule has 1 aliphatic rings. The molecule has 0 amide bonds. The Hall–Kier alpha value is -0.410. The number of hydrogen-bond donors (Lipinski definition) is 1. The third-order valence-electron chi connectivity index (χ3n) is 3.91. The van der Waals surface area contributed by atoms with Crippen molar-refractivity contribution in [1.29, 1.82) is 0 Å². The van der Waals surface area contributed by atoms with Crippen LogP contribution in [0.1, 0.15) is 50.5 Å². The number of rotatable bonds is 2. The van der Waals surface area contributed by atoms with Gasteiger partial charge in [0.15, 0.2) is 0 Å². The van der Waals surface area contributed by atoms with Gasteiger partial charge >= 0.3 is 0 Å². The Balaban J connectivity index is 2.09. The Morgan fingerprint density at radius 2 is 1.72 bits per heavy atom. The highest BCUT2D eigenvalue weighted by Gasteiger charge is 2.26. The second kappa shape index (κ2) is 6.16. The van der Waals surface area contributed by atoms with Crippen molar-refractivity contribution >= 4 is 15.9 Å². The van der Waals surface area contributed by atoms with Gasteiger partial charge in [-0.05, 0) is 37.0 Å². The van der Waals surface area contributed by atoms with Crippen molar-refractivity contribution in [3.63, 3.8) is 0 Å². The Morgan fingerprint density at radius 3 is 2.33 bits per heavy atom. The van der Waals surface area contributed by atoms with Crippen LogP contribution in [0.4, 0.5) is 4.39 Å². The fourth-order valence-electron chi connectivity index (χ4n) is 2.83. The molecule has 1 fully saturated rings. The van der Waals surface area contributed by atoms with E-state index in [0.29, 0.717) is 6.42 Å². The highest BCUT2D eigenvalue weighted by molar-refractivity contribution is 9.10. The van der Waals surface area contributed by atoms with E-state index in [2.05, 4.69) is 15.9 Å². The maximum Gasteiger partial charge on any atom is 0.127 e. The van der Waals surface area contributed by atoms with Gasteiger partial charge in [-0.2, -0.15) is 0 Å². The van der Waals surface area contributed by atoms with Crippen LogP contribution in [0.2, 0.25) is 0 Å². The minimum absolute atomic E-state index is 0.142. The van der Waals surface area contributed by atoms with Crippen LogP contribution in [-0.2, 0) is 6.42 Å². The third kappa shape index (κ3) is 3.79. The van der Waals surface area contributed by atoms with Gasteiger partial charge in [0.25, 0.3) is 0 Å². The van der Waals surface area contributed by atoms with E-state index in [4.69, 9.17) is 5.73 Å². The van der Waals surface area contributed by atoms with Crippen molar-refractivity contribution in [3.05, 3.63) is 34.1 Å².